The first-order valence-corrected chi connectivity index (χ1v) is 11.6. The molecule has 2 fully saturated rings. The van der Waals surface area contributed by atoms with Gasteiger partial charge in [0.15, 0.2) is 9.84 Å². The van der Waals surface area contributed by atoms with Gasteiger partial charge < -0.3 is 9.64 Å². The molecule has 1 amide bonds. The molecule has 1 aromatic rings. The highest BCUT2D eigenvalue weighted by Crippen LogP contribution is 2.29. The fraction of sp³-hybridized carbons (Fsp3) is 0.562. The lowest BCUT2D eigenvalue weighted by Gasteiger charge is -2.24. The Morgan fingerprint density at radius 2 is 1.96 bits per heavy atom. The molecule has 1 saturated heterocycles. The summed E-state index contributed by atoms with van der Waals surface area (Å²) in [6.45, 7) is 0. The van der Waals surface area contributed by atoms with Gasteiger partial charge in [-0.15, -0.1) is 0 Å². The van der Waals surface area contributed by atoms with E-state index in [2.05, 4.69) is 4.72 Å². The first-order chi connectivity index (χ1) is 12.1. The molecule has 0 bridgehead atoms. The molecule has 26 heavy (non-hydrogen) atoms. The predicted molar refractivity (Wildman–Crippen MR) is 95.5 cm³/mol. The molecule has 1 N–H and O–H groups in total. The largest absolute Gasteiger partial charge is 0.495 e. The van der Waals surface area contributed by atoms with Crippen molar-refractivity contribution in [3.8, 4) is 5.75 Å². The number of hydrogen-bond acceptors (Lipinski definition) is 6. The molecule has 0 aromatic heterocycles. The summed E-state index contributed by atoms with van der Waals surface area (Å²) in [5, 5.41) is 0. The van der Waals surface area contributed by atoms with Crippen molar-refractivity contribution in [3.63, 3.8) is 0 Å². The van der Waals surface area contributed by atoms with Crippen LogP contribution >= 0.6 is 0 Å². The number of nitrogens with one attached hydrogen (secondary N) is 1. The van der Waals surface area contributed by atoms with Crippen molar-refractivity contribution in [2.75, 3.05) is 25.7 Å². The summed E-state index contributed by atoms with van der Waals surface area (Å²) in [7, 11) is -4.03. The van der Waals surface area contributed by atoms with Crippen LogP contribution in [0.3, 0.4) is 0 Å². The average molecular weight is 402 g/mol. The molecule has 0 radical (unpaired) electrons. The third kappa shape index (κ3) is 4.02. The van der Waals surface area contributed by atoms with E-state index in [0.717, 1.165) is 12.8 Å². The number of carbonyl (C=O) groups is 1. The SMILES string of the molecule is COc1ccc(C(=O)N(C)C2CCS(=O)(=O)C2)cc1S(=O)(=O)NC1CC1. The lowest BCUT2D eigenvalue weighted by Crippen LogP contribution is -2.38. The molecule has 1 unspecified atom stereocenters. The molecule has 1 heterocycles. The Morgan fingerprint density at radius 3 is 2.50 bits per heavy atom. The zero-order valence-electron chi connectivity index (χ0n) is 14.6. The van der Waals surface area contributed by atoms with E-state index in [1.165, 1.54) is 37.3 Å². The number of rotatable bonds is 6. The van der Waals surface area contributed by atoms with Gasteiger partial charge in [-0.3, -0.25) is 4.79 Å². The first-order valence-electron chi connectivity index (χ1n) is 8.31. The Balaban J connectivity index is 1.88. The molecule has 1 atom stereocenters. The molecule has 0 spiro atoms. The van der Waals surface area contributed by atoms with Crippen molar-refractivity contribution in [2.24, 2.45) is 0 Å². The van der Waals surface area contributed by atoms with Crippen LogP contribution in [-0.4, -0.2) is 65.4 Å². The van der Waals surface area contributed by atoms with E-state index in [4.69, 9.17) is 4.74 Å². The molecule has 10 heteroatoms. The summed E-state index contributed by atoms with van der Waals surface area (Å²) in [6, 6.07) is 3.73. The van der Waals surface area contributed by atoms with Crippen LogP contribution in [0.25, 0.3) is 0 Å². The number of hydrogen-bond donors (Lipinski definition) is 1. The van der Waals surface area contributed by atoms with E-state index >= 15 is 0 Å². The normalized spacial score (nSPS) is 22.2. The maximum atomic E-state index is 12.7. The van der Waals surface area contributed by atoms with E-state index in [0.29, 0.717) is 6.42 Å². The monoisotopic (exact) mass is 402 g/mol. The molecule has 144 valence electrons. The fourth-order valence-electron chi connectivity index (χ4n) is 2.95. The van der Waals surface area contributed by atoms with Gasteiger partial charge in [0.05, 0.1) is 18.6 Å². The Labute approximate surface area is 153 Å². The van der Waals surface area contributed by atoms with E-state index < -0.39 is 31.8 Å². The van der Waals surface area contributed by atoms with E-state index in [-0.39, 0.29) is 33.8 Å². The van der Waals surface area contributed by atoms with Gasteiger partial charge in [0.1, 0.15) is 10.6 Å². The topological polar surface area (TPSA) is 110 Å². The second-order valence-electron chi connectivity index (χ2n) is 6.73. The summed E-state index contributed by atoms with van der Waals surface area (Å²) in [5.74, 6) is -0.277. The van der Waals surface area contributed by atoms with Crippen LogP contribution in [0.4, 0.5) is 0 Å². The standard InChI is InChI=1S/C16H22N2O6S2/c1-18(13-7-8-25(20,21)10-13)16(19)11-3-6-14(24-2)15(9-11)26(22,23)17-12-4-5-12/h3,6,9,12-13,17H,4-5,7-8,10H2,1-2H3. The molecule has 8 nitrogen and oxygen atoms in total. The third-order valence-corrected chi connectivity index (χ3v) is 7.97. The van der Waals surface area contributed by atoms with Crippen LogP contribution in [0, 0.1) is 0 Å². The number of benzene rings is 1. The van der Waals surface area contributed by atoms with Crippen LogP contribution in [0.15, 0.2) is 23.1 Å². The fourth-order valence-corrected chi connectivity index (χ4v) is 6.23. The average Bonchev–Trinajstić information content (AvgIpc) is 3.32. The zero-order valence-corrected chi connectivity index (χ0v) is 16.3. The minimum absolute atomic E-state index is 0.0584. The number of carbonyl (C=O) groups excluding carboxylic acids is 1. The van der Waals surface area contributed by atoms with Crippen LogP contribution in [0.5, 0.6) is 5.75 Å². The van der Waals surface area contributed by atoms with Crippen LogP contribution in [0.1, 0.15) is 29.6 Å². The predicted octanol–water partition coefficient (Wildman–Crippen LogP) is 0.395. The van der Waals surface area contributed by atoms with Crippen LogP contribution in [-0.2, 0) is 19.9 Å². The molecule has 3 rings (SSSR count). The van der Waals surface area contributed by atoms with E-state index in [9.17, 15) is 21.6 Å². The molecule has 1 aromatic carbocycles. The van der Waals surface area contributed by atoms with Gasteiger partial charge in [-0.05, 0) is 37.5 Å². The van der Waals surface area contributed by atoms with Crippen molar-refractivity contribution in [1.29, 1.82) is 0 Å². The van der Waals surface area contributed by atoms with Crippen LogP contribution < -0.4 is 9.46 Å². The Hall–Kier alpha value is -1.65. The Morgan fingerprint density at radius 1 is 1.27 bits per heavy atom. The third-order valence-electron chi connectivity index (χ3n) is 4.68. The number of sulfonamides is 1. The van der Waals surface area contributed by atoms with Gasteiger partial charge in [0, 0.05) is 24.7 Å². The number of methoxy groups -OCH3 is 1. The summed E-state index contributed by atoms with van der Waals surface area (Å²) in [6.07, 6.45) is 1.97. The molecule has 1 aliphatic heterocycles. The molecular formula is C16H22N2O6S2. The summed E-state index contributed by atoms with van der Waals surface area (Å²) >= 11 is 0. The van der Waals surface area contributed by atoms with Gasteiger partial charge in [0.25, 0.3) is 5.91 Å². The quantitative estimate of drug-likeness (QED) is 0.737. The van der Waals surface area contributed by atoms with Crippen molar-refractivity contribution in [1.82, 2.24) is 9.62 Å². The highest BCUT2D eigenvalue weighted by Gasteiger charge is 2.34. The van der Waals surface area contributed by atoms with Crippen molar-refractivity contribution < 1.29 is 26.4 Å². The van der Waals surface area contributed by atoms with Crippen molar-refractivity contribution >= 4 is 25.8 Å². The van der Waals surface area contributed by atoms with E-state index in [1.54, 1.807) is 0 Å². The van der Waals surface area contributed by atoms with Gasteiger partial charge in [-0.1, -0.05) is 0 Å². The number of sulfone groups is 1. The smallest absolute Gasteiger partial charge is 0.253 e. The molecular weight excluding hydrogens is 380 g/mol. The molecule has 1 aliphatic carbocycles. The first kappa shape index (κ1) is 19.1. The Kier molecular flexibility index (Phi) is 5.02. The van der Waals surface area contributed by atoms with Gasteiger partial charge in [0.2, 0.25) is 10.0 Å². The van der Waals surface area contributed by atoms with Gasteiger partial charge in [-0.2, -0.15) is 0 Å². The van der Waals surface area contributed by atoms with Crippen LogP contribution in [0.2, 0.25) is 0 Å². The zero-order chi connectivity index (χ0) is 19.1. The maximum absolute atomic E-state index is 12.7. The number of amides is 1. The lowest BCUT2D eigenvalue weighted by molar-refractivity contribution is 0.0747. The second kappa shape index (κ2) is 6.82. The van der Waals surface area contributed by atoms with Crippen molar-refractivity contribution in [2.45, 2.75) is 36.2 Å². The minimum Gasteiger partial charge on any atom is -0.495 e. The summed E-state index contributed by atoms with van der Waals surface area (Å²) in [5.41, 5.74) is 0.175. The lowest BCUT2D eigenvalue weighted by atomic mass is 10.1. The highest BCUT2D eigenvalue weighted by molar-refractivity contribution is 7.91. The minimum atomic E-state index is -3.80. The van der Waals surface area contributed by atoms with Gasteiger partial charge >= 0.3 is 0 Å². The summed E-state index contributed by atoms with van der Waals surface area (Å²) in [4.78, 5) is 14.0. The number of nitrogens with zero attached hydrogens (tertiary/aromatic N) is 1. The Bertz CT molecular complexity index is 922. The number of ether oxygens (including phenoxy) is 1. The van der Waals surface area contributed by atoms with E-state index in [1.807, 2.05) is 0 Å². The van der Waals surface area contributed by atoms with Crippen molar-refractivity contribution in [3.05, 3.63) is 23.8 Å². The van der Waals surface area contributed by atoms with Gasteiger partial charge in [-0.25, -0.2) is 21.6 Å². The maximum Gasteiger partial charge on any atom is 0.253 e. The molecule has 1 saturated carbocycles. The highest BCUT2D eigenvalue weighted by atomic mass is 32.2. The second-order valence-corrected chi connectivity index (χ2v) is 10.6. The molecule has 2 aliphatic rings. The summed E-state index contributed by atoms with van der Waals surface area (Å²) < 4.78 is 56.1.